The van der Waals surface area contributed by atoms with Gasteiger partial charge in [0.05, 0.1) is 0 Å². The molecule has 0 fully saturated rings. The number of hydrogen-bond donors (Lipinski definition) is 0. The normalized spacial score (nSPS) is 12.0. The lowest BCUT2D eigenvalue weighted by Crippen LogP contribution is -1.91. The van der Waals surface area contributed by atoms with E-state index in [1.807, 2.05) is 11.3 Å². The Hall–Kier alpha value is -6.22. The Kier molecular flexibility index (Phi) is 5.89. The van der Waals surface area contributed by atoms with E-state index in [2.05, 4.69) is 170 Å². The van der Waals surface area contributed by atoms with Crippen LogP contribution in [0, 0.1) is 0 Å². The summed E-state index contributed by atoms with van der Waals surface area (Å²) in [5.74, 6) is 0. The van der Waals surface area contributed by atoms with Gasteiger partial charge in [-0.05, 0) is 84.4 Å². The van der Waals surface area contributed by atoms with Gasteiger partial charge in [-0.1, -0.05) is 146 Å². The van der Waals surface area contributed by atoms with Crippen LogP contribution in [0.15, 0.2) is 174 Å². The summed E-state index contributed by atoms with van der Waals surface area (Å²) in [4.78, 5) is 0. The number of fused-ring (bicyclic) bond motifs is 10. The van der Waals surface area contributed by atoms with E-state index in [-0.39, 0.29) is 0 Å². The van der Waals surface area contributed by atoms with E-state index < -0.39 is 0 Å². The molecule has 0 aliphatic heterocycles. The minimum absolute atomic E-state index is 0.923. The van der Waals surface area contributed by atoms with Crippen LogP contribution >= 0.6 is 11.3 Å². The number of benzene rings is 9. The summed E-state index contributed by atoms with van der Waals surface area (Å²) >= 11 is 1.87. The van der Waals surface area contributed by atoms with Gasteiger partial charge < -0.3 is 4.42 Å². The SMILES string of the molecule is c1cc(-c2cccc3ccccc23)cc(-c2c3ccccc3c(-c3cc4c5ccccc5oc4c4c3sc3ccccc34)c3ccccc23)c1. The lowest BCUT2D eigenvalue weighted by molar-refractivity contribution is 0.673. The fourth-order valence-corrected chi connectivity index (χ4v) is 9.52. The van der Waals surface area contributed by atoms with Gasteiger partial charge in [-0.3, -0.25) is 0 Å². The molecule has 0 radical (unpaired) electrons. The van der Waals surface area contributed by atoms with Gasteiger partial charge in [-0.15, -0.1) is 11.3 Å². The highest BCUT2D eigenvalue weighted by atomic mass is 32.1. The molecule has 0 amide bonds. The summed E-state index contributed by atoms with van der Waals surface area (Å²) in [6, 6.07) is 61.9. The molecule has 2 heteroatoms. The summed E-state index contributed by atoms with van der Waals surface area (Å²) in [6.07, 6.45) is 0. The zero-order valence-electron chi connectivity index (χ0n) is 27.0. The van der Waals surface area contributed by atoms with Crippen molar-refractivity contribution < 1.29 is 4.42 Å². The van der Waals surface area contributed by atoms with Crippen molar-refractivity contribution in [3.05, 3.63) is 170 Å². The Morgan fingerprint density at radius 1 is 0.380 bits per heavy atom. The molecule has 0 bridgehead atoms. The van der Waals surface area contributed by atoms with Gasteiger partial charge in [0.1, 0.15) is 11.2 Å². The maximum atomic E-state index is 6.66. The largest absolute Gasteiger partial charge is 0.455 e. The Balaban J connectivity index is 1.26. The summed E-state index contributed by atoms with van der Waals surface area (Å²) in [5, 5.41) is 12.3. The van der Waals surface area contributed by atoms with E-state index in [9.17, 15) is 0 Å². The molecule has 0 aliphatic rings. The smallest absolute Gasteiger partial charge is 0.144 e. The molecule has 0 unspecified atom stereocenters. The van der Waals surface area contributed by atoms with Crippen LogP contribution in [0.1, 0.15) is 0 Å². The van der Waals surface area contributed by atoms with Crippen molar-refractivity contribution in [1.29, 1.82) is 0 Å². The highest BCUT2D eigenvalue weighted by Crippen LogP contribution is 2.51. The first-order valence-corrected chi connectivity index (χ1v) is 17.9. The second kappa shape index (κ2) is 10.6. The third kappa shape index (κ3) is 3.94. The Morgan fingerprint density at radius 3 is 1.74 bits per heavy atom. The molecular weight excluding hydrogens is 625 g/mol. The fraction of sp³-hybridized carbons (Fsp3) is 0. The van der Waals surface area contributed by atoms with Crippen LogP contribution in [-0.2, 0) is 0 Å². The molecule has 2 aromatic heterocycles. The maximum Gasteiger partial charge on any atom is 0.144 e. The minimum Gasteiger partial charge on any atom is -0.455 e. The van der Waals surface area contributed by atoms with Crippen LogP contribution in [0.25, 0.3) is 108 Å². The highest BCUT2D eigenvalue weighted by molar-refractivity contribution is 7.26. The molecule has 0 N–H and O–H groups in total. The van der Waals surface area contributed by atoms with Crippen molar-refractivity contribution in [2.45, 2.75) is 0 Å². The summed E-state index contributed by atoms with van der Waals surface area (Å²) in [7, 11) is 0. The van der Waals surface area contributed by atoms with Crippen molar-refractivity contribution in [2.24, 2.45) is 0 Å². The second-order valence-corrected chi connectivity index (χ2v) is 14.2. The first kappa shape index (κ1) is 27.7. The van der Waals surface area contributed by atoms with Gasteiger partial charge >= 0.3 is 0 Å². The Morgan fingerprint density at radius 2 is 0.960 bits per heavy atom. The molecule has 0 spiro atoms. The average Bonchev–Trinajstić information content (AvgIpc) is 3.75. The molecule has 2 heterocycles. The van der Waals surface area contributed by atoms with E-state index >= 15 is 0 Å². The molecule has 50 heavy (non-hydrogen) atoms. The summed E-state index contributed by atoms with van der Waals surface area (Å²) in [6.45, 7) is 0. The molecule has 11 rings (SSSR count). The van der Waals surface area contributed by atoms with Crippen molar-refractivity contribution >= 4 is 85.8 Å². The monoisotopic (exact) mass is 652 g/mol. The van der Waals surface area contributed by atoms with Crippen molar-refractivity contribution in [1.82, 2.24) is 0 Å². The van der Waals surface area contributed by atoms with Crippen molar-refractivity contribution in [3.63, 3.8) is 0 Å². The molecule has 232 valence electrons. The van der Waals surface area contributed by atoms with E-state index in [0.717, 1.165) is 21.9 Å². The molecule has 0 aliphatic carbocycles. The van der Waals surface area contributed by atoms with Crippen molar-refractivity contribution in [2.75, 3.05) is 0 Å². The summed E-state index contributed by atoms with van der Waals surface area (Å²) < 4.78 is 9.19. The quantitative estimate of drug-likeness (QED) is 0.173. The first-order chi connectivity index (χ1) is 24.8. The maximum absolute atomic E-state index is 6.66. The molecule has 1 nitrogen and oxygen atoms in total. The number of para-hydroxylation sites is 1. The Labute approximate surface area is 292 Å². The number of furan rings is 1. The third-order valence-corrected chi connectivity index (χ3v) is 11.6. The van der Waals surface area contributed by atoms with Gasteiger partial charge in [0.15, 0.2) is 0 Å². The number of hydrogen-bond acceptors (Lipinski definition) is 2. The van der Waals surface area contributed by atoms with Gasteiger partial charge in [0, 0.05) is 36.5 Å². The molecule has 0 atom stereocenters. The van der Waals surface area contributed by atoms with Crippen LogP contribution in [0.4, 0.5) is 0 Å². The van der Waals surface area contributed by atoms with Crippen molar-refractivity contribution in [3.8, 4) is 33.4 Å². The molecular formula is C48H28OS. The predicted molar refractivity (Wildman–Crippen MR) is 215 cm³/mol. The zero-order valence-corrected chi connectivity index (χ0v) is 27.8. The van der Waals surface area contributed by atoms with Crippen LogP contribution in [0.5, 0.6) is 0 Å². The summed E-state index contributed by atoms with van der Waals surface area (Å²) in [5.41, 5.74) is 9.38. The standard InChI is InChI=1S/C48H28OS/c1-2-17-32-29(13-1)14-12-24-33(32)30-15-11-16-31(27-30)44-35-19-3-5-21-37(35)45(38-22-6-4-20-36(38)44)41-28-40-34-18-7-9-25-42(34)49-47(40)46-39-23-8-10-26-43(39)50-48(41)46/h1-28H. The van der Waals surface area contributed by atoms with Gasteiger partial charge in [-0.2, -0.15) is 0 Å². The van der Waals surface area contributed by atoms with Gasteiger partial charge in [0.2, 0.25) is 0 Å². The first-order valence-electron chi connectivity index (χ1n) is 17.1. The highest BCUT2D eigenvalue weighted by Gasteiger charge is 2.23. The van der Waals surface area contributed by atoms with Crippen LogP contribution in [0.3, 0.4) is 0 Å². The second-order valence-electron chi connectivity index (χ2n) is 13.2. The van der Waals surface area contributed by atoms with E-state index in [4.69, 9.17) is 4.42 Å². The molecule has 11 aromatic rings. The van der Waals surface area contributed by atoms with Crippen LogP contribution in [0.2, 0.25) is 0 Å². The number of thiophene rings is 1. The Bertz CT molecular complexity index is 3100. The van der Waals surface area contributed by atoms with Crippen LogP contribution in [-0.4, -0.2) is 0 Å². The molecule has 0 saturated carbocycles. The zero-order chi connectivity index (χ0) is 32.8. The number of rotatable bonds is 3. The van der Waals surface area contributed by atoms with Gasteiger partial charge in [0.25, 0.3) is 0 Å². The van der Waals surface area contributed by atoms with E-state index in [1.54, 1.807) is 0 Å². The fourth-order valence-electron chi connectivity index (χ4n) is 8.30. The third-order valence-electron chi connectivity index (χ3n) is 10.4. The lowest BCUT2D eigenvalue weighted by Gasteiger charge is -2.19. The van der Waals surface area contributed by atoms with Crippen LogP contribution < -0.4 is 0 Å². The van der Waals surface area contributed by atoms with E-state index in [0.29, 0.717) is 0 Å². The average molecular weight is 653 g/mol. The minimum atomic E-state index is 0.923. The molecule has 0 saturated heterocycles. The predicted octanol–water partition coefficient (Wildman–Crippen LogP) is 14.4. The lowest BCUT2D eigenvalue weighted by atomic mass is 9.84. The van der Waals surface area contributed by atoms with E-state index in [1.165, 1.54) is 85.9 Å². The van der Waals surface area contributed by atoms with Gasteiger partial charge in [-0.25, -0.2) is 0 Å². The molecule has 9 aromatic carbocycles. The topological polar surface area (TPSA) is 13.1 Å².